The molecule has 0 unspecified atom stereocenters. The van der Waals surface area contributed by atoms with Gasteiger partial charge in [0.1, 0.15) is 0 Å². The molecule has 0 aromatic rings. The van der Waals surface area contributed by atoms with Crippen LogP contribution in [0.1, 0.15) is 40.5 Å². The van der Waals surface area contributed by atoms with E-state index in [9.17, 15) is 0 Å². The fourth-order valence-electron chi connectivity index (χ4n) is 2.62. The summed E-state index contributed by atoms with van der Waals surface area (Å²) in [7, 11) is 0.317. The SMILES string of the molecule is C=CCON(C)[C@@H]1C=C(CCO[Si](C)(C)C(C)(C)C)[C@@H](CC)NC1. The van der Waals surface area contributed by atoms with Gasteiger partial charge < -0.3 is 9.74 Å². The average Bonchev–Trinajstić information content (AvgIpc) is 2.51. The van der Waals surface area contributed by atoms with Gasteiger partial charge in [-0.2, -0.15) is 5.06 Å². The Hall–Kier alpha value is -0.463. The summed E-state index contributed by atoms with van der Waals surface area (Å²) in [6.07, 6.45) is 6.24. The highest BCUT2D eigenvalue weighted by Crippen LogP contribution is 2.36. The highest BCUT2D eigenvalue weighted by molar-refractivity contribution is 6.74. The number of nitrogens with zero attached hydrogens (tertiary/aromatic N) is 1. The topological polar surface area (TPSA) is 33.7 Å². The summed E-state index contributed by atoms with van der Waals surface area (Å²) in [4.78, 5) is 5.66. The third-order valence-electron chi connectivity index (χ3n) is 5.36. The van der Waals surface area contributed by atoms with E-state index in [1.165, 1.54) is 5.57 Å². The van der Waals surface area contributed by atoms with Crippen molar-refractivity contribution >= 4 is 8.32 Å². The zero-order valence-corrected chi connectivity index (χ0v) is 17.8. The van der Waals surface area contributed by atoms with Crippen LogP contribution in [0.15, 0.2) is 24.3 Å². The highest BCUT2D eigenvalue weighted by Gasteiger charge is 2.37. The molecule has 2 atom stereocenters. The van der Waals surface area contributed by atoms with Gasteiger partial charge >= 0.3 is 0 Å². The van der Waals surface area contributed by atoms with Crippen LogP contribution in [-0.2, 0) is 9.26 Å². The van der Waals surface area contributed by atoms with Crippen LogP contribution in [0.5, 0.6) is 0 Å². The first-order chi connectivity index (χ1) is 11.1. The van der Waals surface area contributed by atoms with E-state index >= 15 is 0 Å². The van der Waals surface area contributed by atoms with E-state index in [0.29, 0.717) is 12.6 Å². The molecule has 1 rings (SSSR count). The van der Waals surface area contributed by atoms with Crippen molar-refractivity contribution in [2.75, 3.05) is 26.8 Å². The minimum Gasteiger partial charge on any atom is -0.417 e. The van der Waals surface area contributed by atoms with Crippen LogP contribution in [0.4, 0.5) is 0 Å². The molecule has 0 aromatic heterocycles. The van der Waals surface area contributed by atoms with Gasteiger partial charge in [-0.3, -0.25) is 4.84 Å². The van der Waals surface area contributed by atoms with Gasteiger partial charge in [0.05, 0.1) is 12.6 Å². The van der Waals surface area contributed by atoms with Crippen molar-refractivity contribution in [1.29, 1.82) is 0 Å². The molecule has 0 aliphatic carbocycles. The summed E-state index contributed by atoms with van der Waals surface area (Å²) < 4.78 is 6.36. The van der Waals surface area contributed by atoms with Crippen LogP contribution in [-0.4, -0.2) is 52.3 Å². The predicted molar refractivity (Wildman–Crippen MR) is 106 cm³/mol. The van der Waals surface area contributed by atoms with Crippen LogP contribution < -0.4 is 5.32 Å². The van der Waals surface area contributed by atoms with Crippen molar-refractivity contribution in [1.82, 2.24) is 10.4 Å². The smallest absolute Gasteiger partial charge is 0.191 e. The summed E-state index contributed by atoms with van der Waals surface area (Å²) in [5.74, 6) is 0. The van der Waals surface area contributed by atoms with Crippen LogP contribution in [0, 0.1) is 0 Å². The minimum atomic E-state index is -1.67. The second-order valence-corrected chi connectivity index (χ2v) is 13.0. The van der Waals surface area contributed by atoms with Crippen molar-refractivity contribution in [2.24, 2.45) is 0 Å². The Balaban J connectivity index is 2.67. The number of hydrogen-bond acceptors (Lipinski definition) is 4. The Morgan fingerprint density at radius 2 is 2.08 bits per heavy atom. The third-order valence-corrected chi connectivity index (χ3v) is 9.90. The lowest BCUT2D eigenvalue weighted by Crippen LogP contribution is -2.47. The summed E-state index contributed by atoms with van der Waals surface area (Å²) in [6, 6.07) is 0.715. The first-order valence-electron chi connectivity index (χ1n) is 9.17. The largest absolute Gasteiger partial charge is 0.417 e. The Bertz CT molecular complexity index is 430. The Morgan fingerprint density at radius 1 is 1.42 bits per heavy atom. The summed E-state index contributed by atoms with van der Waals surface area (Å²) in [5.41, 5.74) is 1.45. The molecule has 0 bridgehead atoms. The molecular weight excluding hydrogens is 316 g/mol. The third kappa shape index (κ3) is 6.12. The number of hydroxylamine groups is 2. The molecule has 1 aliphatic rings. The molecule has 140 valence electrons. The molecule has 1 N–H and O–H groups in total. The number of likely N-dealkylation sites (N-methyl/N-ethyl adjacent to an activating group) is 1. The molecule has 24 heavy (non-hydrogen) atoms. The predicted octanol–water partition coefficient (Wildman–Crippen LogP) is 4.12. The van der Waals surface area contributed by atoms with E-state index in [4.69, 9.17) is 9.26 Å². The summed E-state index contributed by atoms with van der Waals surface area (Å²) >= 11 is 0. The molecule has 0 amide bonds. The Morgan fingerprint density at radius 3 is 2.62 bits per heavy atom. The Kier molecular flexibility index (Phi) is 8.36. The maximum absolute atomic E-state index is 6.36. The van der Waals surface area contributed by atoms with E-state index < -0.39 is 8.32 Å². The van der Waals surface area contributed by atoms with Crippen molar-refractivity contribution in [2.45, 2.75) is 70.8 Å². The number of rotatable bonds is 9. The molecule has 4 nitrogen and oxygen atoms in total. The molecule has 0 spiro atoms. The first kappa shape index (κ1) is 21.6. The standard InChI is InChI=1S/C19H38N2O2Si/c1-9-12-22-21(6)17-14-16(18(10-2)20-15-17)11-13-23-24(7,8)19(3,4)5/h9,14,17-18,20H,1,10-13,15H2,2-8H3/t17-,18-/m1/s1. The van der Waals surface area contributed by atoms with Gasteiger partial charge in [0.2, 0.25) is 0 Å². The van der Waals surface area contributed by atoms with Crippen molar-refractivity contribution in [3.63, 3.8) is 0 Å². The van der Waals surface area contributed by atoms with Gasteiger partial charge in [-0.15, -0.1) is 6.58 Å². The summed E-state index contributed by atoms with van der Waals surface area (Å²) in [6.45, 7) is 19.7. The van der Waals surface area contributed by atoms with Gasteiger partial charge in [0, 0.05) is 26.2 Å². The summed E-state index contributed by atoms with van der Waals surface area (Å²) in [5, 5.41) is 5.83. The van der Waals surface area contributed by atoms with Crippen LogP contribution >= 0.6 is 0 Å². The maximum Gasteiger partial charge on any atom is 0.191 e. The zero-order chi connectivity index (χ0) is 18.4. The lowest BCUT2D eigenvalue weighted by Gasteiger charge is -2.37. The molecule has 0 radical (unpaired) electrons. The highest BCUT2D eigenvalue weighted by atomic mass is 28.4. The van der Waals surface area contributed by atoms with Gasteiger partial charge in [-0.25, -0.2) is 0 Å². The van der Waals surface area contributed by atoms with Gasteiger partial charge in [-0.1, -0.05) is 45.4 Å². The van der Waals surface area contributed by atoms with E-state index in [1.54, 1.807) is 6.08 Å². The molecule has 0 saturated carbocycles. The molecule has 1 aliphatic heterocycles. The normalized spacial score (nSPS) is 22.6. The second-order valence-electron chi connectivity index (χ2n) is 8.17. The van der Waals surface area contributed by atoms with E-state index in [1.807, 2.05) is 12.1 Å². The average molecular weight is 355 g/mol. The van der Waals surface area contributed by atoms with E-state index in [-0.39, 0.29) is 11.1 Å². The Labute approximate surface area is 150 Å². The van der Waals surface area contributed by atoms with Gasteiger partial charge in [0.15, 0.2) is 8.32 Å². The quantitative estimate of drug-likeness (QED) is 0.383. The van der Waals surface area contributed by atoms with Crippen molar-refractivity contribution < 1.29 is 9.26 Å². The number of hydrogen-bond donors (Lipinski definition) is 1. The molecular formula is C19H38N2O2Si. The monoisotopic (exact) mass is 354 g/mol. The van der Waals surface area contributed by atoms with Crippen LogP contribution in [0.25, 0.3) is 0 Å². The first-order valence-corrected chi connectivity index (χ1v) is 12.1. The minimum absolute atomic E-state index is 0.260. The van der Waals surface area contributed by atoms with Crippen LogP contribution in [0.3, 0.4) is 0 Å². The fourth-order valence-corrected chi connectivity index (χ4v) is 3.67. The molecule has 0 saturated heterocycles. The molecule has 0 aromatic carbocycles. The zero-order valence-electron chi connectivity index (χ0n) is 16.8. The lowest BCUT2D eigenvalue weighted by molar-refractivity contribution is -0.146. The second kappa shape index (κ2) is 9.29. The van der Waals surface area contributed by atoms with Crippen molar-refractivity contribution in [3.8, 4) is 0 Å². The van der Waals surface area contributed by atoms with Gasteiger partial charge in [-0.05, 0) is 31.0 Å². The van der Waals surface area contributed by atoms with Crippen molar-refractivity contribution in [3.05, 3.63) is 24.3 Å². The van der Waals surface area contributed by atoms with Crippen LogP contribution in [0.2, 0.25) is 18.1 Å². The molecule has 0 fully saturated rings. The van der Waals surface area contributed by atoms with E-state index in [0.717, 1.165) is 26.0 Å². The lowest BCUT2D eigenvalue weighted by atomic mass is 9.95. The molecule has 1 heterocycles. The van der Waals surface area contributed by atoms with E-state index in [2.05, 4.69) is 58.8 Å². The molecule has 5 heteroatoms. The fraction of sp³-hybridized carbons (Fsp3) is 0.789. The number of nitrogens with one attached hydrogen (secondary N) is 1. The van der Waals surface area contributed by atoms with Gasteiger partial charge in [0.25, 0.3) is 0 Å². The maximum atomic E-state index is 6.36.